The molecule has 0 saturated carbocycles. The minimum atomic E-state index is -0.274. The second kappa shape index (κ2) is 8.06. The molecule has 1 amide bonds. The van der Waals surface area contributed by atoms with Gasteiger partial charge in [0, 0.05) is 24.4 Å². The average molecular weight is 385 g/mol. The molecule has 27 heavy (non-hydrogen) atoms. The summed E-state index contributed by atoms with van der Waals surface area (Å²) in [5.41, 5.74) is 8.99. The molecule has 1 atom stereocenters. The maximum Gasteiger partial charge on any atom is 0.290 e. The van der Waals surface area contributed by atoms with Crippen LogP contribution in [0.4, 0.5) is 0 Å². The van der Waals surface area contributed by atoms with Gasteiger partial charge in [0.05, 0.1) is 11.8 Å². The van der Waals surface area contributed by atoms with Crippen LogP contribution in [0.2, 0.25) is 0 Å². The van der Waals surface area contributed by atoms with Crippen LogP contribution < -0.4 is 16.2 Å². The van der Waals surface area contributed by atoms with E-state index in [-0.39, 0.29) is 12.0 Å². The predicted octanol–water partition coefficient (Wildman–Crippen LogP) is 1.65. The van der Waals surface area contributed by atoms with E-state index in [1.54, 1.807) is 0 Å². The molecule has 1 saturated heterocycles. The number of hydrogen-bond donors (Lipinski definition) is 3. The molecule has 1 aliphatic carbocycles. The lowest BCUT2D eigenvalue weighted by atomic mass is 10.2. The first-order valence-electron chi connectivity index (χ1n) is 9.34. The lowest BCUT2D eigenvalue weighted by Crippen LogP contribution is -2.48. The number of rotatable bonds is 4. The Balaban J connectivity index is 1.39. The van der Waals surface area contributed by atoms with Gasteiger partial charge in [0.1, 0.15) is 0 Å². The standard InChI is InChI=1S/C19H23N5O2S/c25-18(21-22-19(27)20-12-14-8-5-11-26-14)17-15-9-4-10-16(15)24(23-17)13-6-2-1-3-7-13/h1-3,6-7,14H,4-5,8-12H2,(H,21,25)(H2,20,22,27). The fourth-order valence-electron chi connectivity index (χ4n) is 3.63. The Morgan fingerprint density at radius 2 is 2.07 bits per heavy atom. The second-order valence-corrected chi connectivity index (χ2v) is 7.21. The van der Waals surface area contributed by atoms with Crippen molar-refractivity contribution in [2.75, 3.05) is 13.2 Å². The maximum absolute atomic E-state index is 12.7. The normalized spacial score (nSPS) is 18.1. The molecule has 3 N–H and O–H groups in total. The molecule has 1 aromatic carbocycles. The Kier molecular flexibility index (Phi) is 5.35. The van der Waals surface area contributed by atoms with E-state index in [0.717, 1.165) is 55.7 Å². The molecule has 1 unspecified atom stereocenters. The van der Waals surface area contributed by atoms with Gasteiger partial charge in [-0.05, 0) is 56.5 Å². The number of hydrazine groups is 1. The minimum Gasteiger partial charge on any atom is -0.376 e. The highest BCUT2D eigenvalue weighted by molar-refractivity contribution is 7.80. The third-order valence-electron chi connectivity index (χ3n) is 4.95. The van der Waals surface area contributed by atoms with Gasteiger partial charge in [-0.1, -0.05) is 18.2 Å². The van der Waals surface area contributed by atoms with Gasteiger partial charge in [-0.25, -0.2) is 4.68 Å². The van der Waals surface area contributed by atoms with Gasteiger partial charge < -0.3 is 10.1 Å². The smallest absolute Gasteiger partial charge is 0.290 e. The first-order chi connectivity index (χ1) is 13.2. The summed E-state index contributed by atoms with van der Waals surface area (Å²) in [6.45, 7) is 1.44. The van der Waals surface area contributed by atoms with Crippen molar-refractivity contribution in [1.82, 2.24) is 25.9 Å². The third-order valence-corrected chi connectivity index (χ3v) is 5.20. The van der Waals surface area contributed by atoms with Crippen LogP contribution in [0.5, 0.6) is 0 Å². The number of nitrogens with zero attached hydrogens (tertiary/aromatic N) is 2. The molecule has 0 radical (unpaired) electrons. The van der Waals surface area contributed by atoms with Crippen LogP contribution in [0.3, 0.4) is 0 Å². The molecule has 8 heteroatoms. The van der Waals surface area contributed by atoms with Crippen molar-refractivity contribution in [2.45, 2.75) is 38.2 Å². The molecule has 0 bridgehead atoms. The van der Waals surface area contributed by atoms with Crippen molar-refractivity contribution < 1.29 is 9.53 Å². The van der Waals surface area contributed by atoms with Gasteiger partial charge in [0.15, 0.2) is 10.8 Å². The molecule has 2 aliphatic rings. The quantitative estimate of drug-likeness (QED) is 0.549. The minimum absolute atomic E-state index is 0.185. The highest BCUT2D eigenvalue weighted by Crippen LogP contribution is 2.27. The fraction of sp³-hybridized carbons (Fsp3) is 0.421. The van der Waals surface area contributed by atoms with Gasteiger partial charge in [-0.15, -0.1) is 0 Å². The third kappa shape index (κ3) is 3.96. The van der Waals surface area contributed by atoms with Gasteiger partial charge >= 0.3 is 0 Å². The van der Waals surface area contributed by atoms with E-state index in [1.165, 1.54) is 0 Å². The summed E-state index contributed by atoms with van der Waals surface area (Å²) in [5, 5.41) is 8.01. The van der Waals surface area contributed by atoms with Gasteiger partial charge in [-0.3, -0.25) is 15.6 Å². The van der Waals surface area contributed by atoms with E-state index in [9.17, 15) is 4.79 Å². The lowest BCUT2D eigenvalue weighted by molar-refractivity contribution is 0.0936. The van der Waals surface area contributed by atoms with Crippen molar-refractivity contribution in [3.8, 4) is 5.69 Å². The van der Waals surface area contributed by atoms with E-state index >= 15 is 0 Å². The highest BCUT2D eigenvalue weighted by atomic mass is 32.1. The number of benzene rings is 1. The van der Waals surface area contributed by atoms with E-state index in [4.69, 9.17) is 17.0 Å². The Bertz CT molecular complexity index is 830. The first-order valence-corrected chi connectivity index (χ1v) is 9.75. The molecular weight excluding hydrogens is 362 g/mol. The molecule has 2 aromatic rings. The van der Waals surface area contributed by atoms with Crippen molar-refractivity contribution in [3.63, 3.8) is 0 Å². The maximum atomic E-state index is 12.7. The van der Waals surface area contributed by atoms with Gasteiger partial charge in [0.2, 0.25) is 0 Å². The van der Waals surface area contributed by atoms with Crippen LogP contribution in [0.15, 0.2) is 30.3 Å². The molecule has 7 nitrogen and oxygen atoms in total. The zero-order valence-corrected chi connectivity index (χ0v) is 15.8. The zero-order chi connectivity index (χ0) is 18.6. The van der Waals surface area contributed by atoms with Crippen molar-refractivity contribution in [3.05, 3.63) is 47.3 Å². The Labute approximate surface area is 163 Å². The summed E-state index contributed by atoms with van der Waals surface area (Å²) in [6, 6.07) is 9.90. The topological polar surface area (TPSA) is 80.2 Å². The highest BCUT2D eigenvalue weighted by Gasteiger charge is 2.27. The molecular formula is C19H23N5O2S. The van der Waals surface area contributed by atoms with Crippen LogP contribution in [-0.2, 0) is 17.6 Å². The molecule has 2 heterocycles. The Hall–Kier alpha value is -2.45. The molecule has 0 spiro atoms. The number of carbonyl (C=O) groups is 1. The molecule has 1 aromatic heterocycles. The van der Waals surface area contributed by atoms with Gasteiger partial charge in [0.25, 0.3) is 5.91 Å². The number of para-hydroxylation sites is 1. The number of ether oxygens (including phenoxy) is 1. The lowest BCUT2D eigenvalue weighted by Gasteiger charge is -2.14. The fourth-order valence-corrected chi connectivity index (χ4v) is 3.77. The summed E-state index contributed by atoms with van der Waals surface area (Å²) >= 11 is 5.22. The van der Waals surface area contributed by atoms with E-state index in [0.29, 0.717) is 17.4 Å². The average Bonchev–Trinajstić information content (AvgIpc) is 3.42. The molecule has 4 rings (SSSR count). The Morgan fingerprint density at radius 1 is 1.22 bits per heavy atom. The van der Waals surface area contributed by atoms with Crippen LogP contribution in [-0.4, -0.2) is 40.1 Å². The summed E-state index contributed by atoms with van der Waals surface area (Å²) in [4.78, 5) is 12.7. The van der Waals surface area contributed by atoms with Crippen molar-refractivity contribution in [1.29, 1.82) is 0 Å². The summed E-state index contributed by atoms with van der Waals surface area (Å²) in [6.07, 6.45) is 5.13. The van der Waals surface area contributed by atoms with E-state index in [2.05, 4.69) is 21.3 Å². The SMILES string of the molecule is O=C(NNC(=S)NCC1CCCO1)c1nn(-c2ccccc2)c2c1CCC2. The van der Waals surface area contributed by atoms with E-state index in [1.807, 2.05) is 35.0 Å². The number of nitrogens with one attached hydrogen (secondary N) is 3. The zero-order valence-electron chi connectivity index (χ0n) is 15.0. The Morgan fingerprint density at radius 3 is 2.85 bits per heavy atom. The van der Waals surface area contributed by atoms with Crippen molar-refractivity contribution in [2.24, 2.45) is 0 Å². The van der Waals surface area contributed by atoms with Crippen LogP contribution in [0, 0.1) is 0 Å². The number of thiocarbonyl (C=S) groups is 1. The molecule has 1 fully saturated rings. The first kappa shape index (κ1) is 17.9. The summed E-state index contributed by atoms with van der Waals surface area (Å²) < 4.78 is 7.42. The largest absolute Gasteiger partial charge is 0.376 e. The number of fused-ring (bicyclic) bond motifs is 1. The van der Waals surface area contributed by atoms with Crippen LogP contribution >= 0.6 is 12.2 Å². The number of hydrogen-bond acceptors (Lipinski definition) is 4. The number of carbonyl (C=O) groups excluding carboxylic acids is 1. The molecule has 142 valence electrons. The predicted molar refractivity (Wildman–Crippen MR) is 106 cm³/mol. The van der Waals surface area contributed by atoms with Crippen molar-refractivity contribution >= 4 is 23.2 Å². The van der Waals surface area contributed by atoms with E-state index < -0.39 is 0 Å². The second-order valence-electron chi connectivity index (χ2n) is 6.80. The number of aromatic nitrogens is 2. The number of amides is 1. The summed E-state index contributed by atoms with van der Waals surface area (Å²) in [5.74, 6) is -0.274. The van der Waals surface area contributed by atoms with Gasteiger partial charge in [-0.2, -0.15) is 5.10 Å². The molecule has 1 aliphatic heterocycles. The van der Waals surface area contributed by atoms with Crippen LogP contribution in [0.1, 0.15) is 41.0 Å². The monoisotopic (exact) mass is 385 g/mol. The summed E-state index contributed by atoms with van der Waals surface area (Å²) in [7, 11) is 0. The van der Waals surface area contributed by atoms with Crippen LogP contribution in [0.25, 0.3) is 5.69 Å².